The van der Waals surface area contributed by atoms with Crippen molar-refractivity contribution in [2.75, 3.05) is 7.11 Å². The van der Waals surface area contributed by atoms with E-state index >= 15 is 0 Å². The molecular formula is C17H21BO4. The van der Waals surface area contributed by atoms with Crippen LogP contribution >= 0.6 is 0 Å². The lowest BCUT2D eigenvalue weighted by atomic mass is 9.86. The van der Waals surface area contributed by atoms with Gasteiger partial charge in [-0.3, -0.25) is 0 Å². The SMILES string of the molecule is COc1ccccc1-c1ccc(B2OC(C)(C)C(C)(C)O2)o1. The molecule has 1 saturated heterocycles. The van der Waals surface area contributed by atoms with Gasteiger partial charge in [-0.05, 0) is 52.0 Å². The van der Waals surface area contributed by atoms with Crippen molar-refractivity contribution in [2.24, 2.45) is 0 Å². The summed E-state index contributed by atoms with van der Waals surface area (Å²) >= 11 is 0. The maximum Gasteiger partial charge on any atom is 0.532 e. The van der Waals surface area contributed by atoms with Gasteiger partial charge in [0.15, 0.2) is 0 Å². The van der Waals surface area contributed by atoms with Crippen LogP contribution < -0.4 is 10.4 Å². The fourth-order valence-corrected chi connectivity index (χ4v) is 2.43. The largest absolute Gasteiger partial charge is 0.532 e. The lowest BCUT2D eigenvalue weighted by Gasteiger charge is -2.32. The van der Waals surface area contributed by atoms with E-state index in [4.69, 9.17) is 18.5 Å². The van der Waals surface area contributed by atoms with Gasteiger partial charge in [-0.25, -0.2) is 0 Å². The van der Waals surface area contributed by atoms with E-state index in [2.05, 4.69) is 0 Å². The van der Waals surface area contributed by atoms with Crippen molar-refractivity contribution in [3.8, 4) is 17.1 Å². The van der Waals surface area contributed by atoms with Crippen LogP contribution in [0, 0.1) is 0 Å². The highest BCUT2D eigenvalue weighted by Gasteiger charge is 2.53. The number of benzene rings is 1. The first kappa shape index (κ1) is 15.2. The van der Waals surface area contributed by atoms with Crippen molar-refractivity contribution in [1.29, 1.82) is 0 Å². The molecule has 0 bridgehead atoms. The first-order valence-electron chi connectivity index (χ1n) is 7.43. The van der Waals surface area contributed by atoms with E-state index in [-0.39, 0.29) is 11.2 Å². The fraction of sp³-hybridized carbons (Fsp3) is 0.412. The Bertz CT molecular complexity index is 659. The Balaban J connectivity index is 1.89. The summed E-state index contributed by atoms with van der Waals surface area (Å²) in [5.41, 5.74) is 0.816. The van der Waals surface area contributed by atoms with Crippen molar-refractivity contribution in [1.82, 2.24) is 0 Å². The van der Waals surface area contributed by atoms with Gasteiger partial charge in [0.1, 0.15) is 17.2 Å². The molecule has 1 aliphatic heterocycles. The van der Waals surface area contributed by atoms with E-state index < -0.39 is 7.12 Å². The van der Waals surface area contributed by atoms with Crippen LogP contribution in [0.3, 0.4) is 0 Å². The van der Waals surface area contributed by atoms with E-state index in [0.717, 1.165) is 17.1 Å². The number of para-hydroxylation sites is 1. The number of hydrogen-bond acceptors (Lipinski definition) is 4. The Morgan fingerprint density at radius 1 is 0.909 bits per heavy atom. The summed E-state index contributed by atoms with van der Waals surface area (Å²) in [5, 5.41) is 0. The number of rotatable bonds is 3. The Kier molecular flexibility index (Phi) is 3.58. The molecule has 5 heteroatoms. The summed E-state index contributed by atoms with van der Waals surface area (Å²) in [4.78, 5) is 0. The summed E-state index contributed by atoms with van der Waals surface area (Å²) in [6, 6.07) is 11.6. The third kappa shape index (κ3) is 2.44. The van der Waals surface area contributed by atoms with E-state index in [9.17, 15) is 0 Å². The van der Waals surface area contributed by atoms with Crippen LogP contribution in [0.1, 0.15) is 27.7 Å². The molecule has 0 amide bonds. The average Bonchev–Trinajstić information content (AvgIpc) is 3.02. The topological polar surface area (TPSA) is 40.8 Å². The maximum absolute atomic E-state index is 6.01. The predicted octanol–water partition coefficient (Wildman–Crippen LogP) is 3.25. The van der Waals surface area contributed by atoms with Crippen LogP contribution in [0.25, 0.3) is 11.3 Å². The zero-order valence-electron chi connectivity index (χ0n) is 13.7. The Labute approximate surface area is 131 Å². The normalized spacial score (nSPS) is 19.4. The Hall–Kier alpha value is -1.72. The second kappa shape index (κ2) is 5.18. The molecule has 116 valence electrons. The van der Waals surface area contributed by atoms with E-state index in [1.807, 2.05) is 64.1 Å². The van der Waals surface area contributed by atoms with Crippen molar-refractivity contribution < 1.29 is 18.5 Å². The molecule has 1 fully saturated rings. The molecule has 0 saturated carbocycles. The molecule has 0 aliphatic carbocycles. The van der Waals surface area contributed by atoms with Crippen LogP contribution in [0.2, 0.25) is 0 Å². The van der Waals surface area contributed by atoms with Crippen molar-refractivity contribution in [3.05, 3.63) is 36.4 Å². The van der Waals surface area contributed by atoms with E-state index in [1.54, 1.807) is 7.11 Å². The third-order valence-electron chi connectivity index (χ3n) is 4.48. The maximum atomic E-state index is 6.01. The van der Waals surface area contributed by atoms with Crippen molar-refractivity contribution in [2.45, 2.75) is 38.9 Å². The lowest BCUT2D eigenvalue weighted by Crippen LogP contribution is -2.41. The quantitative estimate of drug-likeness (QED) is 0.816. The first-order valence-corrected chi connectivity index (χ1v) is 7.43. The Morgan fingerprint density at radius 3 is 2.18 bits per heavy atom. The summed E-state index contributed by atoms with van der Waals surface area (Å²) in [6.07, 6.45) is 0. The van der Waals surface area contributed by atoms with Crippen LogP contribution in [0.5, 0.6) is 5.75 Å². The number of furan rings is 1. The van der Waals surface area contributed by atoms with Crippen LogP contribution in [-0.4, -0.2) is 25.4 Å². The first-order chi connectivity index (χ1) is 10.3. The monoisotopic (exact) mass is 300 g/mol. The highest BCUT2D eigenvalue weighted by molar-refractivity contribution is 6.60. The standard InChI is InChI=1S/C17H21BO4/c1-16(2)17(3,4)22-18(21-16)15-11-10-14(20-15)12-8-6-7-9-13(12)19-5/h6-11H,1-5H3. The molecule has 0 spiro atoms. The van der Waals surface area contributed by atoms with Crippen molar-refractivity contribution in [3.63, 3.8) is 0 Å². The van der Waals surface area contributed by atoms with Crippen LogP contribution in [-0.2, 0) is 9.31 Å². The Morgan fingerprint density at radius 2 is 1.55 bits per heavy atom. The molecule has 4 nitrogen and oxygen atoms in total. The molecule has 0 unspecified atom stereocenters. The molecule has 2 aromatic rings. The van der Waals surface area contributed by atoms with Gasteiger partial charge < -0.3 is 18.5 Å². The minimum Gasteiger partial charge on any atom is -0.496 e. The summed E-state index contributed by atoms with van der Waals surface area (Å²) in [6.45, 7) is 8.10. The van der Waals surface area contributed by atoms with Gasteiger partial charge in [0.25, 0.3) is 0 Å². The smallest absolute Gasteiger partial charge is 0.496 e. The summed E-state index contributed by atoms with van der Waals surface area (Å²) in [5.74, 6) is 1.51. The van der Waals surface area contributed by atoms with Crippen molar-refractivity contribution >= 4 is 12.8 Å². The third-order valence-corrected chi connectivity index (χ3v) is 4.48. The molecule has 0 N–H and O–H groups in total. The molecule has 1 aromatic carbocycles. The molecule has 1 aromatic heterocycles. The zero-order valence-corrected chi connectivity index (χ0v) is 13.7. The fourth-order valence-electron chi connectivity index (χ4n) is 2.43. The highest BCUT2D eigenvalue weighted by Crippen LogP contribution is 2.37. The average molecular weight is 300 g/mol. The molecular weight excluding hydrogens is 279 g/mol. The minimum atomic E-state index is -0.492. The molecule has 1 aliphatic rings. The number of ether oxygens (including phenoxy) is 1. The second-order valence-corrected chi connectivity index (χ2v) is 6.49. The van der Waals surface area contributed by atoms with Crippen LogP contribution in [0.4, 0.5) is 0 Å². The van der Waals surface area contributed by atoms with E-state index in [0.29, 0.717) is 5.66 Å². The lowest BCUT2D eigenvalue weighted by molar-refractivity contribution is 0.00578. The minimum absolute atomic E-state index is 0.380. The molecule has 0 atom stereocenters. The van der Waals surface area contributed by atoms with Gasteiger partial charge in [-0.15, -0.1) is 0 Å². The van der Waals surface area contributed by atoms with E-state index in [1.165, 1.54) is 0 Å². The summed E-state index contributed by atoms with van der Waals surface area (Å²) < 4.78 is 23.3. The van der Waals surface area contributed by atoms with Gasteiger partial charge in [0.2, 0.25) is 0 Å². The van der Waals surface area contributed by atoms with Gasteiger partial charge in [-0.2, -0.15) is 0 Å². The molecule has 22 heavy (non-hydrogen) atoms. The van der Waals surface area contributed by atoms with Gasteiger partial charge in [0.05, 0.1) is 23.9 Å². The van der Waals surface area contributed by atoms with Gasteiger partial charge in [0, 0.05) is 0 Å². The number of methoxy groups -OCH3 is 1. The molecule has 3 rings (SSSR count). The van der Waals surface area contributed by atoms with Crippen LogP contribution in [0.15, 0.2) is 40.8 Å². The van der Waals surface area contributed by atoms with Gasteiger partial charge >= 0.3 is 7.12 Å². The summed E-state index contributed by atoms with van der Waals surface area (Å²) in [7, 11) is 1.16. The zero-order chi connectivity index (χ0) is 16.0. The number of hydrogen-bond donors (Lipinski definition) is 0. The second-order valence-electron chi connectivity index (χ2n) is 6.49. The molecule has 0 radical (unpaired) electrons. The highest BCUT2D eigenvalue weighted by atomic mass is 16.7. The molecule has 2 heterocycles. The van der Waals surface area contributed by atoms with Gasteiger partial charge in [-0.1, -0.05) is 12.1 Å². The predicted molar refractivity (Wildman–Crippen MR) is 86.4 cm³/mol.